The first-order valence-electron chi connectivity index (χ1n) is 12.7. The maximum absolute atomic E-state index is 13.0. The summed E-state index contributed by atoms with van der Waals surface area (Å²) in [6.45, 7) is 0. The lowest BCUT2D eigenvalue weighted by Crippen LogP contribution is -2.29. The number of carboxylic acids is 1. The van der Waals surface area contributed by atoms with Crippen LogP contribution in [0.2, 0.25) is 0 Å². The lowest BCUT2D eigenvalue weighted by Gasteiger charge is -2.15. The van der Waals surface area contributed by atoms with Crippen LogP contribution in [0.4, 0.5) is 0 Å². The Morgan fingerprint density at radius 3 is 2.12 bits per heavy atom. The summed E-state index contributed by atoms with van der Waals surface area (Å²) in [7, 11) is 4.64. The molecule has 0 fully saturated rings. The van der Waals surface area contributed by atoms with Gasteiger partial charge < -0.3 is 29.1 Å². The van der Waals surface area contributed by atoms with Gasteiger partial charge in [0.15, 0.2) is 11.5 Å². The van der Waals surface area contributed by atoms with Gasteiger partial charge in [0, 0.05) is 18.4 Å². The molecule has 1 heterocycles. The number of hydrogen-bond acceptors (Lipinski definition) is 8. The van der Waals surface area contributed by atoms with Gasteiger partial charge in [0.2, 0.25) is 17.5 Å². The zero-order valence-corrected chi connectivity index (χ0v) is 22.5. The summed E-state index contributed by atoms with van der Waals surface area (Å²) >= 11 is 0. The van der Waals surface area contributed by atoms with Gasteiger partial charge in [0.25, 0.3) is 5.91 Å². The third-order valence-corrected chi connectivity index (χ3v) is 6.34. The van der Waals surface area contributed by atoms with E-state index in [1.807, 2.05) is 54.6 Å². The van der Waals surface area contributed by atoms with Gasteiger partial charge >= 0.3 is 5.97 Å². The van der Waals surface area contributed by atoms with Gasteiger partial charge in [0.1, 0.15) is 6.04 Å². The van der Waals surface area contributed by atoms with Crippen LogP contribution in [0.15, 0.2) is 71.1 Å². The first-order valence-corrected chi connectivity index (χ1v) is 12.7. The standard InChI is InChI=1S/C30H31N3O7/c1-37-24-17-19(18-25(38-2)28(24)39-3)9-15-26-32-33-30(40-26)23(14-16-27(34)35)31-29(36)22-12-10-21(11-13-22)20-7-5-4-6-8-20/h4-8,10-13,17-18,23H,9,14-16H2,1-3H3,(H,31,36)(H,34,35)/t23-/m0/s1. The lowest BCUT2D eigenvalue weighted by molar-refractivity contribution is -0.137. The van der Waals surface area contributed by atoms with E-state index in [0.29, 0.717) is 41.5 Å². The third-order valence-electron chi connectivity index (χ3n) is 6.34. The minimum atomic E-state index is -0.992. The molecule has 2 N–H and O–H groups in total. The number of carbonyl (C=O) groups is 2. The number of amides is 1. The number of nitrogens with zero attached hydrogens (tertiary/aromatic N) is 2. The topological polar surface area (TPSA) is 133 Å². The second kappa shape index (κ2) is 13.3. The Labute approximate surface area is 231 Å². The monoisotopic (exact) mass is 545 g/mol. The Morgan fingerprint density at radius 1 is 0.875 bits per heavy atom. The molecule has 4 aromatic rings. The Balaban J connectivity index is 1.46. The smallest absolute Gasteiger partial charge is 0.303 e. The van der Waals surface area contributed by atoms with Crippen molar-refractivity contribution in [3.8, 4) is 28.4 Å². The summed E-state index contributed by atoms with van der Waals surface area (Å²) in [5.41, 5.74) is 3.36. The van der Waals surface area contributed by atoms with Gasteiger partial charge in [-0.1, -0.05) is 42.5 Å². The molecule has 0 bridgehead atoms. The van der Waals surface area contributed by atoms with Gasteiger partial charge in [-0.2, -0.15) is 0 Å². The van der Waals surface area contributed by atoms with Crippen molar-refractivity contribution < 1.29 is 33.3 Å². The predicted molar refractivity (Wildman–Crippen MR) is 147 cm³/mol. The van der Waals surface area contributed by atoms with E-state index in [9.17, 15) is 14.7 Å². The second-order valence-electron chi connectivity index (χ2n) is 8.97. The number of methoxy groups -OCH3 is 3. The maximum atomic E-state index is 13.0. The van der Waals surface area contributed by atoms with E-state index in [4.69, 9.17) is 18.6 Å². The van der Waals surface area contributed by atoms with Crippen LogP contribution < -0.4 is 19.5 Å². The molecule has 0 aliphatic carbocycles. The maximum Gasteiger partial charge on any atom is 0.303 e. The van der Waals surface area contributed by atoms with Crippen LogP contribution in [-0.4, -0.2) is 48.5 Å². The summed E-state index contributed by atoms with van der Waals surface area (Å²) in [4.78, 5) is 24.3. The molecule has 10 heteroatoms. The van der Waals surface area contributed by atoms with Gasteiger partial charge in [0.05, 0.1) is 21.3 Å². The summed E-state index contributed by atoms with van der Waals surface area (Å²) in [5.74, 6) is 0.717. The van der Waals surface area contributed by atoms with E-state index in [-0.39, 0.29) is 24.6 Å². The van der Waals surface area contributed by atoms with E-state index >= 15 is 0 Å². The van der Waals surface area contributed by atoms with Crippen LogP contribution in [0.5, 0.6) is 17.2 Å². The van der Waals surface area contributed by atoms with Crippen molar-refractivity contribution in [3.05, 3.63) is 89.6 Å². The molecule has 1 amide bonds. The molecule has 4 rings (SSSR count). The number of benzene rings is 3. The van der Waals surface area contributed by atoms with Crippen LogP contribution in [0.1, 0.15) is 46.6 Å². The van der Waals surface area contributed by atoms with E-state index in [2.05, 4.69) is 15.5 Å². The molecule has 0 aliphatic heterocycles. The fourth-order valence-electron chi connectivity index (χ4n) is 4.25. The summed E-state index contributed by atoms with van der Waals surface area (Å²) in [5, 5.41) is 20.3. The number of aliphatic carboxylic acids is 1. The van der Waals surface area contributed by atoms with Crippen molar-refractivity contribution in [2.45, 2.75) is 31.7 Å². The minimum absolute atomic E-state index is 0.0949. The van der Waals surface area contributed by atoms with E-state index in [1.165, 1.54) is 0 Å². The molecule has 3 aromatic carbocycles. The zero-order valence-electron chi connectivity index (χ0n) is 22.5. The van der Waals surface area contributed by atoms with Gasteiger partial charge in [-0.05, 0) is 53.8 Å². The Hall–Kier alpha value is -4.86. The minimum Gasteiger partial charge on any atom is -0.493 e. The number of nitrogens with one attached hydrogen (secondary N) is 1. The predicted octanol–water partition coefficient (Wildman–Crippen LogP) is 4.88. The molecule has 0 spiro atoms. The molecule has 1 aromatic heterocycles. The second-order valence-corrected chi connectivity index (χ2v) is 8.97. The number of ether oxygens (including phenoxy) is 3. The van der Waals surface area contributed by atoms with Crippen molar-refractivity contribution in [1.82, 2.24) is 15.5 Å². The molecule has 0 saturated heterocycles. The van der Waals surface area contributed by atoms with E-state index in [0.717, 1.165) is 16.7 Å². The number of hydrogen-bond donors (Lipinski definition) is 2. The van der Waals surface area contributed by atoms with Crippen molar-refractivity contribution in [2.75, 3.05) is 21.3 Å². The Bertz CT molecular complexity index is 1410. The molecule has 0 unspecified atom stereocenters. The Morgan fingerprint density at radius 2 is 1.52 bits per heavy atom. The molecule has 0 aliphatic rings. The van der Waals surface area contributed by atoms with Crippen LogP contribution >= 0.6 is 0 Å². The molecular formula is C30H31N3O7. The van der Waals surface area contributed by atoms with Crippen molar-refractivity contribution in [3.63, 3.8) is 0 Å². The van der Waals surface area contributed by atoms with Crippen LogP contribution in [0.25, 0.3) is 11.1 Å². The average Bonchev–Trinajstić information content (AvgIpc) is 3.46. The van der Waals surface area contributed by atoms with Gasteiger partial charge in [-0.3, -0.25) is 9.59 Å². The normalized spacial score (nSPS) is 11.5. The summed E-state index contributed by atoms with van der Waals surface area (Å²) in [6.07, 6.45) is 0.864. The number of aryl methyl sites for hydroxylation is 2. The van der Waals surface area contributed by atoms with E-state index in [1.54, 1.807) is 33.5 Å². The largest absolute Gasteiger partial charge is 0.493 e. The fraction of sp³-hybridized carbons (Fsp3) is 0.267. The van der Waals surface area contributed by atoms with Crippen LogP contribution in [0.3, 0.4) is 0 Å². The first-order chi connectivity index (χ1) is 19.4. The van der Waals surface area contributed by atoms with Crippen molar-refractivity contribution >= 4 is 11.9 Å². The molecule has 0 saturated carbocycles. The summed E-state index contributed by atoms with van der Waals surface area (Å²) in [6, 6.07) is 19.9. The highest BCUT2D eigenvalue weighted by molar-refractivity contribution is 5.95. The molecule has 40 heavy (non-hydrogen) atoms. The highest BCUT2D eigenvalue weighted by atomic mass is 16.5. The SMILES string of the molecule is COc1cc(CCc2nnc([C@H](CCC(=O)O)NC(=O)c3ccc(-c4ccccc4)cc3)o2)cc(OC)c1OC. The number of carboxylic acid groups (broad SMARTS) is 1. The van der Waals surface area contributed by atoms with Crippen molar-refractivity contribution in [2.24, 2.45) is 0 Å². The number of carbonyl (C=O) groups excluding carboxylic acids is 1. The van der Waals surface area contributed by atoms with E-state index < -0.39 is 12.0 Å². The highest BCUT2D eigenvalue weighted by Crippen LogP contribution is 2.38. The average molecular weight is 546 g/mol. The number of rotatable bonds is 13. The quantitative estimate of drug-likeness (QED) is 0.241. The molecular weight excluding hydrogens is 514 g/mol. The highest BCUT2D eigenvalue weighted by Gasteiger charge is 2.23. The summed E-state index contributed by atoms with van der Waals surface area (Å²) < 4.78 is 22.0. The fourth-order valence-corrected chi connectivity index (χ4v) is 4.25. The molecule has 208 valence electrons. The Kier molecular flexibility index (Phi) is 9.35. The van der Waals surface area contributed by atoms with Crippen LogP contribution in [-0.2, 0) is 17.6 Å². The van der Waals surface area contributed by atoms with Crippen molar-refractivity contribution in [1.29, 1.82) is 0 Å². The van der Waals surface area contributed by atoms with Gasteiger partial charge in [-0.15, -0.1) is 10.2 Å². The lowest BCUT2D eigenvalue weighted by atomic mass is 10.0. The number of aromatic nitrogens is 2. The van der Waals surface area contributed by atoms with Crippen LogP contribution in [0, 0.1) is 0 Å². The van der Waals surface area contributed by atoms with Gasteiger partial charge in [-0.25, -0.2) is 0 Å². The first kappa shape index (κ1) is 28.2. The zero-order chi connectivity index (χ0) is 28.5. The molecule has 10 nitrogen and oxygen atoms in total. The third kappa shape index (κ3) is 6.96. The molecule has 0 radical (unpaired) electrons. The molecule has 1 atom stereocenters.